The van der Waals surface area contributed by atoms with Gasteiger partial charge in [-0.15, -0.1) is 0 Å². The van der Waals surface area contributed by atoms with Crippen LogP contribution in [-0.2, 0) is 6.18 Å². The van der Waals surface area contributed by atoms with Crippen molar-refractivity contribution in [3.63, 3.8) is 0 Å². The van der Waals surface area contributed by atoms with E-state index in [2.05, 4.69) is 4.90 Å². The Bertz CT molecular complexity index is 546. The number of benzene rings is 1. The lowest BCUT2D eigenvalue weighted by molar-refractivity contribution is -0.137. The quantitative estimate of drug-likeness (QED) is 0.925. The average molecular weight is 313 g/mol. The molecule has 0 atom stereocenters. The summed E-state index contributed by atoms with van der Waals surface area (Å²) in [6, 6.07) is 5.46. The van der Waals surface area contributed by atoms with Gasteiger partial charge in [0.2, 0.25) is 0 Å². The van der Waals surface area contributed by atoms with Crippen LogP contribution in [-0.4, -0.2) is 49.3 Å². The lowest BCUT2D eigenvalue weighted by Crippen LogP contribution is -2.47. The fraction of sp³-hybridized carbons (Fsp3) is 0.533. The predicted octanol–water partition coefficient (Wildman–Crippen LogP) is 2.08. The zero-order valence-corrected chi connectivity index (χ0v) is 12.1. The van der Waals surface area contributed by atoms with Crippen LogP contribution in [0.5, 0.6) is 0 Å². The summed E-state index contributed by atoms with van der Waals surface area (Å²) in [5.74, 6) is 0. The van der Waals surface area contributed by atoms with E-state index in [-0.39, 0.29) is 17.9 Å². The highest BCUT2D eigenvalue weighted by Crippen LogP contribution is 2.37. The highest BCUT2D eigenvalue weighted by molar-refractivity contribution is 5.58. The van der Waals surface area contributed by atoms with Crippen molar-refractivity contribution in [3.8, 4) is 6.07 Å². The maximum atomic E-state index is 13.2. The molecule has 1 aliphatic heterocycles. The van der Waals surface area contributed by atoms with Crippen LogP contribution in [0.4, 0.5) is 18.9 Å². The van der Waals surface area contributed by atoms with Gasteiger partial charge in [0.1, 0.15) is 0 Å². The Morgan fingerprint density at radius 2 is 1.86 bits per heavy atom. The number of aliphatic hydroxyl groups is 1. The summed E-state index contributed by atoms with van der Waals surface area (Å²) < 4.78 is 39.6. The van der Waals surface area contributed by atoms with Crippen molar-refractivity contribution in [3.05, 3.63) is 29.3 Å². The van der Waals surface area contributed by atoms with E-state index in [9.17, 15) is 13.2 Å². The van der Waals surface area contributed by atoms with Gasteiger partial charge in [-0.05, 0) is 24.6 Å². The third-order valence-corrected chi connectivity index (χ3v) is 3.78. The lowest BCUT2D eigenvalue weighted by atomic mass is 10.1. The van der Waals surface area contributed by atoms with Gasteiger partial charge in [-0.3, -0.25) is 4.90 Å². The number of piperazine rings is 1. The van der Waals surface area contributed by atoms with Gasteiger partial charge in [-0.2, -0.15) is 18.4 Å². The van der Waals surface area contributed by atoms with Gasteiger partial charge in [0.05, 0.1) is 17.2 Å². The summed E-state index contributed by atoms with van der Waals surface area (Å²) in [5, 5.41) is 17.6. The van der Waals surface area contributed by atoms with E-state index in [0.29, 0.717) is 32.6 Å². The molecule has 0 unspecified atom stereocenters. The summed E-state index contributed by atoms with van der Waals surface area (Å²) in [7, 11) is 0. The van der Waals surface area contributed by atoms with Crippen LogP contribution in [0.3, 0.4) is 0 Å². The first-order valence-electron chi connectivity index (χ1n) is 7.15. The Morgan fingerprint density at radius 1 is 1.18 bits per heavy atom. The number of alkyl halides is 3. The van der Waals surface area contributed by atoms with Crippen LogP contribution in [0.15, 0.2) is 18.2 Å². The van der Waals surface area contributed by atoms with Gasteiger partial charge in [0.25, 0.3) is 0 Å². The Kier molecular flexibility index (Phi) is 5.27. The zero-order valence-electron chi connectivity index (χ0n) is 12.1. The molecule has 120 valence electrons. The first-order valence-corrected chi connectivity index (χ1v) is 7.15. The number of aliphatic hydroxyl groups excluding tert-OH is 1. The molecule has 1 aliphatic rings. The molecule has 1 heterocycles. The van der Waals surface area contributed by atoms with Crippen LogP contribution < -0.4 is 4.90 Å². The van der Waals surface area contributed by atoms with Crippen molar-refractivity contribution in [1.82, 2.24) is 4.90 Å². The van der Waals surface area contributed by atoms with Crippen molar-refractivity contribution in [2.45, 2.75) is 12.6 Å². The molecule has 4 nitrogen and oxygen atoms in total. The van der Waals surface area contributed by atoms with Gasteiger partial charge in [-0.25, -0.2) is 0 Å². The smallest absolute Gasteiger partial charge is 0.396 e. The summed E-state index contributed by atoms with van der Waals surface area (Å²) in [6.45, 7) is 3.20. The Morgan fingerprint density at radius 3 is 2.41 bits per heavy atom. The first-order chi connectivity index (χ1) is 10.5. The summed E-state index contributed by atoms with van der Waals surface area (Å²) in [4.78, 5) is 3.84. The molecule has 0 radical (unpaired) electrons. The van der Waals surface area contributed by atoms with Gasteiger partial charge in [-0.1, -0.05) is 0 Å². The molecule has 1 aromatic carbocycles. The van der Waals surface area contributed by atoms with Crippen molar-refractivity contribution < 1.29 is 18.3 Å². The first kappa shape index (κ1) is 16.6. The number of hydrogen-bond acceptors (Lipinski definition) is 4. The molecule has 0 aliphatic carbocycles. The monoisotopic (exact) mass is 313 g/mol. The molecule has 0 amide bonds. The van der Waals surface area contributed by atoms with Crippen molar-refractivity contribution >= 4 is 5.69 Å². The number of nitriles is 1. The third-order valence-electron chi connectivity index (χ3n) is 3.78. The molecule has 1 saturated heterocycles. The second-order valence-corrected chi connectivity index (χ2v) is 5.25. The highest BCUT2D eigenvalue weighted by atomic mass is 19.4. The Balaban J connectivity index is 2.15. The minimum atomic E-state index is -4.48. The Labute approximate surface area is 127 Å². The van der Waals surface area contributed by atoms with E-state index in [1.807, 2.05) is 0 Å². The third kappa shape index (κ3) is 3.90. The Hall–Kier alpha value is -1.78. The van der Waals surface area contributed by atoms with Crippen LogP contribution >= 0.6 is 0 Å². The van der Waals surface area contributed by atoms with Gasteiger partial charge in [0.15, 0.2) is 0 Å². The molecular formula is C15H18F3N3O. The number of rotatable bonds is 4. The number of halogens is 3. The minimum absolute atomic E-state index is 0.0117. The average Bonchev–Trinajstić information content (AvgIpc) is 2.52. The van der Waals surface area contributed by atoms with Crippen LogP contribution in [0, 0.1) is 11.3 Å². The maximum absolute atomic E-state index is 13.2. The SMILES string of the molecule is N#Cc1ccc(N2CCN(CCCO)CC2)c(C(F)(F)F)c1. The minimum Gasteiger partial charge on any atom is -0.396 e. The highest BCUT2D eigenvalue weighted by Gasteiger charge is 2.35. The second kappa shape index (κ2) is 6.99. The predicted molar refractivity (Wildman–Crippen MR) is 76.5 cm³/mol. The summed E-state index contributed by atoms with van der Waals surface area (Å²) in [5.41, 5.74) is -0.610. The van der Waals surface area contributed by atoms with E-state index < -0.39 is 11.7 Å². The van der Waals surface area contributed by atoms with Crippen molar-refractivity contribution in [2.24, 2.45) is 0 Å². The van der Waals surface area contributed by atoms with E-state index in [4.69, 9.17) is 10.4 Å². The molecule has 1 aromatic rings. The largest absolute Gasteiger partial charge is 0.418 e. The van der Waals surface area contributed by atoms with Gasteiger partial charge < -0.3 is 10.0 Å². The van der Waals surface area contributed by atoms with E-state index >= 15 is 0 Å². The van der Waals surface area contributed by atoms with Gasteiger partial charge in [0, 0.05) is 45.0 Å². The number of nitrogens with zero attached hydrogens (tertiary/aromatic N) is 3. The standard InChI is InChI=1S/C15H18F3N3O/c16-15(17,18)13-10-12(11-19)2-3-14(13)21-7-5-20(6-8-21)4-1-9-22/h2-3,10,22H,1,4-9H2. The summed E-state index contributed by atoms with van der Waals surface area (Å²) >= 11 is 0. The van der Waals surface area contributed by atoms with E-state index in [1.165, 1.54) is 12.1 Å². The van der Waals surface area contributed by atoms with Crippen molar-refractivity contribution in [2.75, 3.05) is 44.2 Å². The fourth-order valence-corrected chi connectivity index (χ4v) is 2.62. The molecule has 22 heavy (non-hydrogen) atoms. The molecule has 1 fully saturated rings. The molecular weight excluding hydrogens is 295 g/mol. The molecule has 0 spiro atoms. The topological polar surface area (TPSA) is 50.5 Å². The molecule has 7 heteroatoms. The number of anilines is 1. The van der Waals surface area contributed by atoms with Gasteiger partial charge >= 0.3 is 6.18 Å². The maximum Gasteiger partial charge on any atom is 0.418 e. The molecule has 0 saturated carbocycles. The van der Waals surface area contributed by atoms with Crippen molar-refractivity contribution in [1.29, 1.82) is 5.26 Å². The van der Waals surface area contributed by atoms with E-state index in [1.54, 1.807) is 11.0 Å². The zero-order chi connectivity index (χ0) is 16.2. The van der Waals surface area contributed by atoms with Crippen LogP contribution in [0.1, 0.15) is 17.5 Å². The van der Waals surface area contributed by atoms with E-state index in [0.717, 1.165) is 12.6 Å². The molecule has 2 rings (SSSR count). The summed E-state index contributed by atoms with van der Waals surface area (Å²) in [6.07, 6.45) is -3.80. The fourth-order valence-electron chi connectivity index (χ4n) is 2.62. The second-order valence-electron chi connectivity index (χ2n) is 5.25. The van der Waals surface area contributed by atoms with Crippen LogP contribution in [0.25, 0.3) is 0 Å². The van der Waals surface area contributed by atoms with Crippen LogP contribution in [0.2, 0.25) is 0 Å². The lowest BCUT2D eigenvalue weighted by Gasteiger charge is -2.37. The molecule has 1 N–H and O–H groups in total. The normalized spacial score (nSPS) is 16.6. The molecule has 0 aromatic heterocycles. The molecule has 0 bridgehead atoms. The number of hydrogen-bond donors (Lipinski definition) is 1.